The molecule has 0 aromatic carbocycles. The molecule has 0 amide bonds. The normalized spacial score (nSPS) is 25.9. The standard InChI is InChI=1S/C13H24N4/c1-4-6-16-7-5-12(14)13(16)11-8-15-17(9-11)10(2)3/h8-10,12-13H,4-7,14H2,1-3H3/t12-,13+/m1/s1. The van der Waals surface area contributed by atoms with Gasteiger partial charge in [-0.3, -0.25) is 9.58 Å². The van der Waals surface area contributed by atoms with Crippen molar-refractivity contribution in [2.24, 2.45) is 5.73 Å². The van der Waals surface area contributed by atoms with E-state index in [1.165, 1.54) is 12.0 Å². The summed E-state index contributed by atoms with van der Waals surface area (Å²) in [5, 5.41) is 4.42. The fourth-order valence-electron chi connectivity index (χ4n) is 2.67. The zero-order chi connectivity index (χ0) is 12.4. The molecule has 1 fully saturated rings. The second-order valence-electron chi connectivity index (χ2n) is 5.28. The van der Waals surface area contributed by atoms with Crippen LogP contribution in [0.25, 0.3) is 0 Å². The van der Waals surface area contributed by atoms with Crippen molar-refractivity contribution in [1.29, 1.82) is 0 Å². The lowest BCUT2D eigenvalue weighted by molar-refractivity contribution is 0.248. The van der Waals surface area contributed by atoms with E-state index in [1.807, 2.05) is 10.9 Å². The van der Waals surface area contributed by atoms with Gasteiger partial charge in [0, 0.05) is 30.4 Å². The molecule has 0 spiro atoms. The zero-order valence-corrected chi connectivity index (χ0v) is 11.1. The van der Waals surface area contributed by atoms with Crippen LogP contribution in [0.1, 0.15) is 51.3 Å². The van der Waals surface area contributed by atoms with Gasteiger partial charge >= 0.3 is 0 Å². The molecule has 1 aromatic rings. The van der Waals surface area contributed by atoms with Gasteiger partial charge in [-0.2, -0.15) is 5.10 Å². The Morgan fingerprint density at radius 3 is 2.88 bits per heavy atom. The Labute approximate surface area is 104 Å². The summed E-state index contributed by atoms with van der Waals surface area (Å²) in [6, 6.07) is 1.04. The van der Waals surface area contributed by atoms with E-state index in [-0.39, 0.29) is 6.04 Å². The monoisotopic (exact) mass is 236 g/mol. The van der Waals surface area contributed by atoms with E-state index in [0.29, 0.717) is 12.1 Å². The maximum atomic E-state index is 6.24. The van der Waals surface area contributed by atoms with Gasteiger partial charge in [0.1, 0.15) is 0 Å². The van der Waals surface area contributed by atoms with Crippen molar-refractivity contribution < 1.29 is 0 Å². The number of nitrogens with two attached hydrogens (primary N) is 1. The Hall–Kier alpha value is -0.870. The lowest BCUT2D eigenvalue weighted by atomic mass is 10.0. The Kier molecular flexibility index (Phi) is 3.84. The minimum Gasteiger partial charge on any atom is -0.326 e. The minimum atomic E-state index is 0.256. The highest BCUT2D eigenvalue weighted by atomic mass is 15.3. The average molecular weight is 236 g/mol. The number of hydrogen-bond donors (Lipinski definition) is 1. The first-order valence-corrected chi connectivity index (χ1v) is 6.67. The number of aromatic nitrogens is 2. The molecule has 2 heterocycles. The van der Waals surface area contributed by atoms with Crippen molar-refractivity contribution in [1.82, 2.24) is 14.7 Å². The van der Waals surface area contributed by atoms with Gasteiger partial charge in [-0.1, -0.05) is 6.92 Å². The van der Waals surface area contributed by atoms with E-state index in [9.17, 15) is 0 Å². The van der Waals surface area contributed by atoms with E-state index in [2.05, 4.69) is 37.0 Å². The SMILES string of the molecule is CCCN1CC[C@@H](N)[C@@H]1c1cnn(C(C)C)c1. The lowest BCUT2D eigenvalue weighted by Crippen LogP contribution is -2.32. The van der Waals surface area contributed by atoms with E-state index in [1.54, 1.807) is 0 Å². The first kappa shape index (κ1) is 12.6. The van der Waals surface area contributed by atoms with Crippen molar-refractivity contribution >= 4 is 0 Å². The Balaban J connectivity index is 2.17. The third-order valence-electron chi connectivity index (χ3n) is 3.55. The summed E-state index contributed by atoms with van der Waals surface area (Å²) in [6.07, 6.45) is 6.42. The first-order chi connectivity index (χ1) is 8.13. The van der Waals surface area contributed by atoms with Gasteiger partial charge in [0.05, 0.1) is 12.2 Å². The highest BCUT2D eigenvalue weighted by Crippen LogP contribution is 2.31. The molecule has 1 aromatic heterocycles. The number of hydrogen-bond acceptors (Lipinski definition) is 3. The molecule has 1 saturated heterocycles. The largest absolute Gasteiger partial charge is 0.326 e. The van der Waals surface area contributed by atoms with Gasteiger partial charge in [-0.05, 0) is 33.2 Å². The summed E-state index contributed by atoms with van der Waals surface area (Å²) in [4.78, 5) is 2.49. The predicted molar refractivity (Wildman–Crippen MR) is 69.8 cm³/mol. The van der Waals surface area contributed by atoms with Crippen LogP contribution in [0.3, 0.4) is 0 Å². The average Bonchev–Trinajstić information content (AvgIpc) is 2.86. The van der Waals surface area contributed by atoms with Gasteiger partial charge in [0.15, 0.2) is 0 Å². The van der Waals surface area contributed by atoms with Crippen LogP contribution in [0, 0.1) is 0 Å². The zero-order valence-electron chi connectivity index (χ0n) is 11.1. The molecule has 0 saturated carbocycles. The third-order valence-corrected chi connectivity index (χ3v) is 3.55. The molecule has 1 aliphatic heterocycles. The Morgan fingerprint density at radius 1 is 1.53 bits per heavy atom. The highest BCUT2D eigenvalue weighted by molar-refractivity contribution is 5.16. The van der Waals surface area contributed by atoms with Crippen LogP contribution in [0.5, 0.6) is 0 Å². The van der Waals surface area contributed by atoms with Crippen molar-refractivity contribution in [2.45, 2.75) is 51.7 Å². The Bertz CT molecular complexity index is 356. The van der Waals surface area contributed by atoms with Crippen molar-refractivity contribution in [3.8, 4) is 0 Å². The second kappa shape index (κ2) is 5.19. The summed E-state index contributed by atoms with van der Waals surface area (Å²) >= 11 is 0. The van der Waals surface area contributed by atoms with Crippen LogP contribution < -0.4 is 5.73 Å². The van der Waals surface area contributed by atoms with E-state index in [4.69, 9.17) is 5.73 Å². The molecule has 4 heteroatoms. The quantitative estimate of drug-likeness (QED) is 0.869. The van der Waals surface area contributed by atoms with Crippen molar-refractivity contribution in [2.75, 3.05) is 13.1 Å². The van der Waals surface area contributed by atoms with Crippen molar-refractivity contribution in [3.05, 3.63) is 18.0 Å². The molecule has 0 unspecified atom stereocenters. The molecule has 17 heavy (non-hydrogen) atoms. The molecule has 2 N–H and O–H groups in total. The lowest BCUT2D eigenvalue weighted by Gasteiger charge is -2.25. The molecule has 4 nitrogen and oxygen atoms in total. The highest BCUT2D eigenvalue weighted by Gasteiger charge is 2.33. The van der Waals surface area contributed by atoms with Crippen LogP contribution in [0.2, 0.25) is 0 Å². The van der Waals surface area contributed by atoms with Gasteiger partial charge in [0.2, 0.25) is 0 Å². The summed E-state index contributed by atoms with van der Waals surface area (Å²) in [5.74, 6) is 0. The third kappa shape index (κ3) is 2.53. The molecule has 96 valence electrons. The topological polar surface area (TPSA) is 47.1 Å². The smallest absolute Gasteiger partial charge is 0.0538 e. The molecular formula is C13H24N4. The van der Waals surface area contributed by atoms with E-state index in [0.717, 1.165) is 19.5 Å². The van der Waals surface area contributed by atoms with Crippen LogP contribution in [-0.4, -0.2) is 33.8 Å². The maximum Gasteiger partial charge on any atom is 0.0538 e. The fourth-order valence-corrected chi connectivity index (χ4v) is 2.67. The summed E-state index contributed by atoms with van der Waals surface area (Å²) in [7, 11) is 0. The summed E-state index contributed by atoms with van der Waals surface area (Å²) in [5.41, 5.74) is 7.51. The maximum absolute atomic E-state index is 6.24. The number of nitrogens with zero attached hydrogens (tertiary/aromatic N) is 3. The first-order valence-electron chi connectivity index (χ1n) is 6.67. The van der Waals surface area contributed by atoms with Crippen LogP contribution in [0.4, 0.5) is 0 Å². The molecule has 2 atom stereocenters. The molecule has 0 bridgehead atoms. The molecule has 0 aliphatic carbocycles. The molecule has 0 radical (unpaired) electrons. The van der Waals surface area contributed by atoms with Crippen LogP contribution >= 0.6 is 0 Å². The molecule has 1 aliphatic rings. The number of rotatable bonds is 4. The van der Waals surface area contributed by atoms with Gasteiger partial charge in [-0.15, -0.1) is 0 Å². The fraction of sp³-hybridized carbons (Fsp3) is 0.769. The Morgan fingerprint density at radius 2 is 2.29 bits per heavy atom. The summed E-state index contributed by atoms with van der Waals surface area (Å²) < 4.78 is 2.02. The van der Waals surface area contributed by atoms with E-state index < -0.39 is 0 Å². The van der Waals surface area contributed by atoms with Gasteiger partial charge < -0.3 is 5.73 Å². The summed E-state index contributed by atoms with van der Waals surface area (Å²) in [6.45, 7) is 8.76. The minimum absolute atomic E-state index is 0.256. The molecule has 2 rings (SSSR count). The second-order valence-corrected chi connectivity index (χ2v) is 5.28. The van der Waals surface area contributed by atoms with Crippen molar-refractivity contribution in [3.63, 3.8) is 0 Å². The van der Waals surface area contributed by atoms with Gasteiger partial charge in [-0.25, -0.2) is 0 Å². The van der Waals surface area contributed by atoms with E-state index >= 15 is 0 Å². The van der Waals surface area contributed by atoms with Crippen LogP contribution in [-0.2, 0) is 0 Å². The predicted octanol–water partition coefficient (Wildman–Crippen LogP) is 1.95. The molecular weight excluding hydrogens is 212 g/mol. The number of likely N-dealkylation sites (tertiary alicyclic amines) is 1. The van der Waals surface area contributed by atoms with Gasteiger partial charge in [0.25, 0.3) is 0 Å². The van der Waals surface area contributed by atoms with Crippen LogP contribution in [0.15, 0.2) is 12.4 Å².